The van der Waals surface area contributed by atoms with Crippen LogP contribution in [0, 0.1) is 0 Å². The Bertz CT molecular complexity index is 579. The number of fused-ring (bicyclic) bond motifs is 1. The first kappa shape index (κ1) is 15.8. The van der Waals surface area contributed by atoms with Gasteiger partial charge in [0.1, 0.15) is 0 Å². The first-order valence-electron chi connectivity index (χ1n) is 7.35. The maximum absolute atomic E-state index is 3.80. The van der Waals surface area contributed by atoms with Crippen LogP contribution in [0.15, 0.2) is 67.3 Å². The van der Waals surface area contributed by atoms with Gasteiger partial charge in [0.2, 0.25) is 0 Å². The molecule has 1 aliphatic carbocycles. The summed E-state index contributed by atoms with van der Waals surface area (Å²) in [5.41, 5.74) is 4.40. The van der Waals surface area contributed by atoms with E-state index in [0.717, 1.165) is 19.4 Å². The molecule has 21 heavy (non-hydrogen) atoms. The van der Waals surface area contributed by atoms with Gasteiger partial charge in [-0.05, 0) is 29.5 Å². The second-order valence-electron chi connectivity index (χ2n) is 5.50. The molecule has 0 spiro atoms. The Morgan fingerprint density at radius 2 is 1.76 bits per heavy atom. The van der Waals surface area contributed by atoms with E-state index in [-0.39, 0.29) is 12.4 Å². The summed E-state index contributed by atoms with van der Waals surface area (Å²) in [5, 5.41) is 3.59. The fourth-order valence-electron chi connectivity index (χ4n) is 3.23. The molecule has 0 radical (unpaired) electrons. The quantitative estimate of drug-likeness (QED) is 0.829. The van der Waals surface area contributed by atoms with Gasteiger partial charge < -0.3 is 5.32 Å². The Labute approximate surface area is 133 Å². The molecule has 2 aromatic rings. The molecule has 0 amide bonds. The highest BCUT2D eigenvalue weighted by Gasteiger charge is 2.27. The molecule has 1 aliphatic rings. The Morgan fingerprint density at radius 1 is 1.05 bits per heavy atom. The number of hydrogen-bond acceptors (Lipinski definition) is 1. The summed E-state index contributed by atoms with van der Waals surface area (Å²) in [6.07, 6.45) is 4.22. The zero-order chi connectivity index (χ0) is 13.8. The molecule has 0 aliphatic heterocycles. The lowest BCUT2D eigenvalue weighted by Crippen LogP contribution is -2.36. The SMILES string of the molecule is C=CCNC1Cc2ccccc2C(c2ccccc2)C1.Cl. The molecule has 2 atom stereocenters. The smallest absolute Gasteiger partial charge is 0.0135 e. The Balaban J connectivity index is 0.00000161. The van der Waals surface area contributed by atoms with Crippen molar-refractivity contribution >= 4 is 12.4 Å². The zero-order valence-electron chi connectivity index (χ0n) is 12.2. The highest BCUT2D eigenvalue weighted by molar-refractivity contribution is 5.85. The third-order valence-electron chi connectivity index (χ3n) is 4.17. The van der Waals surface area contributed by atoms with Crippen LogP contribution >= 0.6 is 12.4 Å². The summed E-state index contributed by atoms with van der Waals surface area (Å²) in [6.45, 7) is 4.69. The van der Waals surface area contributed by atoms with E-state index in [1.54, 1.807) is 0 Å². The highest BCUT2D eigenvalue weighted by atomic mass is 35.5. The van der Waals surface area contributed by atoms with Crippen molar-refractivity contribution in [2.24, 2.45) is 0 Å². The van der Waals surface area contributed by atoms with Gasteiger partial charge in [-0.3, -0.25) is 0 Å². The fraction of sp³-hybridized carbons (Fsp3) is 0.263. The van der Waals surface area contributed by atoms with Crippen molar-refractivity contribution in [3.8, 4) is 0 Å². The highest BCUT2D eigenvalue weighted by Crippen LogP contribution is 2.36. The Hall–Kier alpha value is -1.57. The minimum absolute atomic E-state index is 0. The third kappa shape index (κ3) is 3.55. The summed E-state index contributed by atoms with van der Waals surface area (Å²) < 4.78 is 0. The fourth-order valence-corrected chi connectivity index (χ4v) is 3.23. The number of hydrogen-bond donors (Lipinski definition) is 1. The maximum atomic E-state index is 3.80. The molecule has 3 rings (SSSR count). The number of nitrogens with one attached hydrogen (secondary N) is 1. The van der Waals surface area contributed by atoms with Gasteiger partial charge in [0.15, 0.2) is 0 Å². The van der Waals surface area contributed by atoms with Crippen LogP contribution in [0.2, 0.25) is 0 Å². The largest absolute Gasteiger partial charge is 0.310 e. The predicted octanol–water partition coefficient (Wildman–Crippen LogP) is 4.33. The molecule has 0 fully saturated rings. The molecule has 1 nitrogen and oxygen atoms in total. The lowest BCUT2D eigenvalue weighted by Gasteiger charge is -2.32. The minimum atomic E-state index is 0. The van der Waals surface area contributed by atoms with Crippen molar-refractivity contribution in [2.75, 3.05) is 6.54 Å². The van der Waals surface area contributed by atoms with Gasteiger partial charge in [-0.25, -0.2) is 0 Å². The first-order chi connectivity index (χ1) is 9.88. The van der Waals surface area contributed by atoms with E-state index in [4.69, 9.17) is 0 Å². The maximum Gasteiger partial charge on any atom is 0.0135 e. The summed E-state index contributed by atoms with van der Waals surface area (Å²) in [5.74, 6) is 0.503. The van der Waals surface area contributed by atoms with Crippen LogP contribution < -0.4 is 5.32 Å². The van der Waals surface area contributed by atoms with Crippen LogP contribution in [0.25, 0.3) is 0 Å². The van der Waals surface area contributed by atoms with E-state index in [9.17, 15) is 0 Å². The molecule has 0 bridgehead atoms. The molecule has 0 saturated heterocycles. The zero-order valence-corrected chi connectivity index (χ0v) is 13.0. The standard InChI is InChI=1S/C19H21N.ClH/c1-2-12-20-17-13-16-10-6-7-11-18(16)19(14-17)15-8-4-3-5-9-15;/h2-11,17,19-20H,1,12-14H2;1H. The van der Waals surface area contributed by atoms with E-state index >= 15 is 0 Å². The van der Waals surface area contributed by atoms with Crippen molar-refractivity contribution in [3.63, 3.8) is 0 Å². The second-order valence-corrected chi connectivity index (χ2v) is 5.50. The second kappa shape index (κ2) is 7.44. The van der Waals surface area contributed by atoms with Crippen LogP contribution in [0.4, 0.5) is 0 Å². The molecule has 0 aromatic heterocycles. The van der Waals surface area contributed by atoms with Gasteiger partial charge in [-0.15, -0.1) is 19.0 Å². The van der Waals surface area contributed by atoms with E-state index in [2.05, 4.69) is 66.5 Å². The van der Waals surface area contributed by atoms with E-state index < -0.39 is 0 Å². The van der Waals surface area contributed by atoms with E-state index in [1.165, 1.54) is 16.7 Å². The average molecular weight is 300 g/mol. The molecule has 2 aromatic carbocycles. The summed E-state index contributed by atoms with van der Waals surface area (Å²) in [4.78, 5) is 0. The van der Waals surface area contributed by atoms with Gasteiger partial charge in [0.25, 0.3) is 0 Å². The van der Waals surface area contributed by atoms with Gasteiger partial charge in [-0.1, -0.05) is 60.7 Å². The van der Waals surface area contributed by atoms with Crippen LogP contribution in [-0.4, -0.2) is 12.6 Å². The van der Waals surface area contributed by atoms with Crippen LogP contribution in [-0.2, 0) is 6.42 Å². The van der Waals surface area contributed by atoms with Crippen molar-refractivity contribution in [1.82, 2.24) is 5.32 Å². The Morgan fingerprint density at radius 3 is 2.52 bits per heavy atom. The van der Waals surface area contributed by atoms with Crippen LogP contribution in [0.5, 0.6) is 0 Å². The van der Waals surface area contributed by atoms with Crippen molar-refractivity contribution in [2.45, 2.75) is 24.8 Å². The lowest BCUT2D eigenvalue weighted by molar-refractivity contribution is 0.451. The Kier molecular flexibility index (Phi) is 5.60. The van der Waals surface area contributed by atoms with E-state index in [1.807, 2.05) is 6.08 Å². The molecule has 2 unspecified atom stereocenters. The molecule has 0 heterocycles. The topological polar surface area (TPSA) is 12.0 Å². The van der Waals surface area contributed by atoms with Gasteiger partial charge in [0.05, 0.1) is 0 Å². The average Bonchev–Trinajstić information content (AvgIpc) is 2.53. The predicted molar refractivity (Wildman–Crippen MR) is 92.3 cm³/mol. The minimum Gasteiger partial charge on any atom is -0.310 e. The van der Waals surface area contributed by atoms with E-state index in [0.29, 0.717) is 12.0 Å². The van der Waals surface area contributed by atoms with Gasteiger partial charge in [-0.2, -0.15) is 0 Å². The molecular formula is C19H22ClN. The van der Waals surface area contributed by atoms with Crippen molar-refractivity contribution in [1.29, 1.82) is 0 Å². The molecule has 110 valence electrons. The number of rotatable bonds is 4. The summed E-state index contributed by atoms with van der Waals surface area (Å²) in [7, 11) is 0. The van der Waals surface area contributed by atoms with Crippen LogP contribution in [0.1, 0.15) is 29.0 Å². The molecule has 0 saturated carbocycles. The lowest BCUT2D eigenvalue weighted by atomic mass is 9.77. The number of benzene rings is 2. The number of halogens is 1. The summed E-state index contributed by atoms with van der Waals surface area (Å²) >= 11 is 0. The molecular weight excluding hydrogens is 278 g/mol. The monoisotopic (exact) mass is 299 g/mol. The normalized spacial score (nSPS) is 20.2. The van der Waals surface area contributed by atoms with Gasteiger partial charge in [0, 0.05) is 18.5 Å². The van der Waals surface area contributed by atoms with Gasteiger partial charge >= 0.3 is 0 Å². The van der Waals surface area contributed by atoms with Crippen molar-refractivity contribution < 1.29 is 0 Å². The van der Waals surface area contributed by atoms with Crippen LogP contribution in [0.3, 0.4) is 0 Å². The third-order valence-corrected chi connectivity index (χ3v) is 4.17. The van der Waals surface area contributed by atoms with Crippen molar-refractivity contribution in [3.05, 3.63) is 83.9 Å². The first-order valence-corrected chi connectivity index (χ1v) is 7.35. The summed E-state index contributed by atoms with van der Waals surface area (Å²) in [6, 6.07) is 20.3. The molecule has 1 N–H and O–H groups in total. The molecule has 2 heteroatoms.